The normalized spacial score (nSPS) is 24.9. The maximum Gasteiger partial charge on any atom is 0.321 e. The molecule has 2 nitrogen and oxygen atoms in total. The number of thioether (sulfide) groups is 1. The molecule has 0 amide bonds. The van der Waals surface area contributed by atoms with Crippen LogP contribution in [0.3, 0.4) is 0 Å². The lowest BCUT2D eigenvalue weighted by atomic mass is 9.91. The smallest absolute Gasteiger partial charge is 0.321 e. The van der Waals surface area contributed by atoms with Gasteiger partial charge in [-0.15, -0.1) is 11.8 Å². The second-order valence-electron chi connectivity index (χ2n) is 4.80. The van der Waals surface area contributed by atoms with E-state index < -0.39 is 0 Å². The van der Waals surface area contributed by atoms with E-state index in [4.69, 9.17) is 4.74 Å². The molecule has 0 radical (unpaired) electrons. The van der Waals surface area contributed by atoms with Gasteiger partial charge in [-0.25, -0.2) is 0 Å². The molecule has 0 saturated heterocycles. The standard InChI is InChI=1S/C12H20O2S/c1-14-11(13)12(7-8-12)15-9-10-5-3-2-4-6-10/h10H,2-9H2,1H3. The van der Waals surface area contributed by atoms with E-state index >= 15 is 0 Å². The average Bonchev–Trinajstić information content (AvgIpc) is 3.08. The SMILES string of the molecule is COC(=O)C1(SCC2CCCCC2)CC1. The zero-order valence-electron chi connectivity index (χ0n) is 9.46. The van der Waals surface area contributed by atoms with E-state index in [0.29, 0.717) is 0 Å². The fraction of sp³-hybridized carbons (Fsp3) is 0.917. The fourth-order valence-corrected chi connectivity index (χ4v) is 3.82. The Morgan fingerprint density at radius 1 is 1.33 bits per heavy atom. The summed E-state index contributed by atoms with van der Waals surface area (Å²) in [6.07, 6.45) is 8.96. The summed E-state index contributed by atoms with van der Waals surface area (Å²) in [5.41, 5.74) is 0. The highest BCUT2D eigenvalue weighted by atomic mass is 32.2. The highest BCUT2D eigenvalue weighted by Crippen LogP contribution is 2.50. The number of hydrogen-bond donors (Lipinski definition) is 0. The van der Waals surface area contributed by atoms with Crippen molar-refractivity contribution in [3.05, 3.63) is 0 Å². The van der Waals surface area contributed by atoms with Gasteiger partial charge >= 0.3 is 5.97 Å². The van der Waals surface area contributed by atoms with Gasteiger partial charge in [-0.1, -0.05) is 19.3 Å². The van der Waals surface area contributed by atoms with Gasteiger partial charge in [-0.3, -0.25) is 4.79 Å². The molecule has 0 aliphatic heterocycles. The Hall–Kier alpha value is -0.180. The Morgan fingerprint density at radius 3 is 2.53 bits per heavy atom. The first kappa shape index (κ1) is 11.3. The Balaban J connectivity index is 1.75. The molecule has 3 heteroatoms. The van der Waals surface area contributed by atoms with Crippen LogP contribution in [0, 0.1) is 5.92 Å². The minimum absolute atomic E-state index is 0.00306. The summed E-state index contributed by atoms with van der Waals surface area (Å²) in [6, 6.07) is 0. The van der Waals surface area contributed by atoms with Gasteiger partial charge in [0.15, 0.2) is 0 Å². The van der Waals surface area contributed by atoms with E-state index in [2.05, 4.69) is 0 Å². The minimum atomic E-state index is -0.133. The van der Waals surface area contributed by atoms with Crippen molar-refractivity contribution in [2.45, 2.75) is 49.7 Å². The van der Waals surface area contributed by atoms with Gasteiger partial charge in [-0.05, 0) is 37.4 Å². The third kappa shape index (κ3) is 2.68. The lowest BCUT2D eigenvalue weighted by Gasteiger charge is -2.22. The third-order valence-electron chi connectivity index (χ3n) is 3.58. The quantitative estimate of drug-likeness (QED) is 0.692. The molecule has 0 aromatic carbocycles. The second kappa shape index (κ2) is 4.77. The van der Waals surface area contributed by atoms with Crippen LogP contribution in [0.15, 0.2) is 0 Å². The molecule has 0 aromatic heterocycles. The molecular formula is C12H20O2S. The number of ether oxygens (including phenoxy) is 1. The van der Waals surface area contributed by atoms with Crippen LogP contribution >= 0.6 is 11.8 Å². The van der Waals surface area contributed by atoms with E-state index in [0.717, 1.165) is 24.5 Å². The van der Waals surface area contributed by atoms with Crippen molar-refractivity contribution in [1.82, 2.24) is 0 Å². The van der Waals surface area contributed by atoms with E-state index in [9.17, 15) is 4.79 Å². The molecule has 0 spiro atoms. The molecule has 2 saturated carbocycles. The largest absolute Gasteiger partial charge is 0.468 e. The van der Waals surface area contributed by atoms with E-state index in [1.807, 2.05) is 11.8 Å². The maximum absolute atomic E-state index is 11.5. The second-order valence-corrected chi connectivity index (χ2v) is 6.20. The number of carbonyl (C=O) groups excluding carboxylic acids is 1. The summed E-state index contributed by atoms with van der Waals surface area (Å²) < 4.78 is 4.72. The van der Waals surface area contributed by atoms with Crippen LogP contribution in [-0.2, 0) is 9.53 Å². The van der Waals surface area contributed by atoms with Crippen LogP contribution in [0.4, 0.5) is 0 Å². The fourth-order valence-electron chi connectivity index (χ4n) is 2.34. The molecule has 0 atom stereocenters. The van der Waals surface area contributed by atoms with E-state index in [1.54, 1.807) is 0 Å². The van der Waals surface area contributed by atoms with Gasteiger partial charge in [0.25, 0.3) is 0 Å². The summed E-state index contributed by atoms with van der Waals surface area (Å²) in [5.74, 6) is 2.02. The van der Waals surface area contributed by atoms with Crippen molar-refractivity contribution in [3.63, 3.8) is 0 Å². The van der Waals surface area contributed by atoms with E-state index in [-0.39, 0.29) is 10.7 Å². The van der Waals surface area contributed by atoms with Gasteiger partial charge in [0.1, 0.15) is 4.75 Å². The Kier molecular flexibility index (Phi) is 3.60. The summed E-state index contributed by atoms with van der Waals surface area (Å²) >= 11 is 1.85. The van der Waals surface area contributed by atoms with Crippen LogP contribution in [0.2, 0.25) is 0 Å². The van der Waals surface area contributed by atoms with Crippen LogP contribution in [0.25, 0.3) is 0 Å². The Bertz CT molecular complexity index is 230. The van der Waals surface area contributed by atoms with Gasteiger partial charge in [0.2, 0.25) is 0 Å². The van der Waals surface area contributed by atoms with Crippen molar-refractivity contribution in [3.8, 4) is 0 Å². The first-order valence-corrected chi connectivity index (χ1v) is 6.98. The summed E-state index contributed by atoms with van der Waals surface area (Å²) in [4.78, 5) is 11.5. The number of esters is 1. The molecule has 2 aliphatic carbocycles. The van der Waals surface area contributed by atoms with Crippen molar-refractivity contribution in [2.75, 3.05) is 12.9 Å². The Morgan fingerprint density at radius 2 is 2.00 bits per heavy atom. The van der Waals surface area contributed by atoms with Gasteiger partial charge < -0.3 is 4.74 Å². The molecule has 2 fully saturated rings. The number of carbonyl (C=O) groups is 1. The highest BCUT2D eigenvalue weighted by Gasteiger charge is 2.51. The molecule has 0 bridgehead atoms. The average molecular weight is 228 g/mol. The first-order valence-electron chi connectivity index (χ1n) is 5.99. The zero-order chi connectivity index (χ0) is 10.7. The predicted octanol–water partition coefficient (Wildman–Crippen LogP) is 3.01. The van der Waals surface area contributed by atoms with Crippen molar-refractivity contribution in [2.24, 2.45) is 5.92 Å². The maximum atomic E-state index is 11.5. The molecule has 0 heterocycles. The van der Waals surface area contributed by atoms with Gasteiger partial charge in [0, 0.05) is 0 Å². The van der Waals surface area contributed by atoms with Crippen LogP contribution in [0.1, 0.15) is 44.9 Å². The van der Waals surface area contributed by atoms with Crippen molar-refractivity contribution in [1.29, 1.82) is 0 Å². The lowest BCUT2D eigenvalue weighted by molar-refractivity contribution is -0.140. The molecule has 0 unspecified atom stereocenters. The summed E-state index contributed by atoms with van der Waals surface area (Å²) in [5, 5.41) is 0. The number of methoxy groups -OCH3 is 1. The van der Waals surface area contributed by atoms with Gasteiger partial charge in [0.05, 0.1) is 7.11 Å². The highest BCUT2D eigenvalue weighted by molar-refractivity contribution is 8.01. The van der Waals surface area contributed by atoms with Gasteiger partial charge in [-0.2, -0.15) is 0 Å². The van der Waals surface area contributed by atoms with Crippen LogP contribution in [-0.4, -0.2) is 23.6 Å². The molecule has 0 N–H and O–H groups in total. The topological polar surface area (TPSA) is 26.3 Å². The number of rotatable bonds is 4. The number of hydrogen-bond acceptors (Lipinski definition) is 3. The van der Waals surface area contributed by atoms with Crippen LogP contribution in [0.5, 0.6) is 0 Å². The van der Waals surface area contributed by atoms with E-state index in [1.165, 1.54) is 39.2 Å². The monoisotopic (exact) mass is 228 g/mol. The third-order valence-corrected chi connectivity index (χ3v) is 5.35. The molecule has 0 aromatic rings. The molecule has 2 aliphatic rings. The molecular weight excluding hydrogens is 208 g/mol. The van der Waals surface area contributed by atoms with Crippen molar-refractivity contribution < 1.29 is 9.53 Å². The first-order chi connectivity index (χ1) is 7.27. The summed E-state index contributed by atoms with van der Waals surface area (Å²) in [6.45, 7) is 0. The molecule has 2 rings (SSSR count). The summed E-state index contributed by atoms with van der Waals surface area (Å²) in [7, 11) is 1.50. The van der Waals surface area contributed by atoms with Crippen LogP contribution < -0.4 is 0 Å². The van der Waals surface area contributed by atoms with Crippen molar-refractivity contribution >= 4 is 17.7 Å². The molecule has 15 heavy (non-hydrogen) atoms. The minimum Gasteiger partial charge on any atom is -0.468 e. The Labute approximate surface area is 96.1 Å². The lowest BCUT2D eigenvalue weighted by Crippen LogP contribution is -2.22. The molecule has 86 valence electrons. The zero-order valence-corrected chi connectivity index (χ0v) is 10.3. The predicted molar refractivity (Wildman–Crippen MR) is 63.0 cm³/mol.